The molecule has 6 rings (SSSR count). The first kappa shape index (κ1) is 23.3. The smallest absolute Gasteiger partial charge is 0.271 e. The standard InChI is InChI=1S/C27H29F2N3O4/c28-27(29)9-7-26(8-10-27)22-15-19(2-1-18(22)17-36-26)30-24(33)21-4-3-20(32(34)35)16-23(21)31-13-11-25(5-6-25)12-14-31/h1-4,15-16H,5-14,17H2,(H,30,33). The fourth-order valence-corrected chi connectivity index (χ4v) is 6.12. The summed E-state index contributed by atoms with van der Waals surface area (Å²) in [6.07, 6.45) is 4.60. The number of fused-ring (bicyclic) bond motifs is 2. The molecule has 2 aromatic carbocycles. The third-order valence-electron chi connectivity index (χ3n) is 8.71. The van der Waals surface area contributed by atoms with Gasteiger partial charge in [-0.2, -0.15) is 0 Å². The van der Waals surface area contributed by atoms with Crippen molar-refractivity contribution in [1.29, 1.82) is 0 Å². The van der Waals surface area contributed by atoms with E-state index in [-0.39, 0.29) is 37.3 Å². The molecular weight excluding hydrogens is 468 g/mol. The number of anilines is 2. The van der Waals surface area contributed by atoms with Crippen molar-refractivity contribution in [3.8, 4) is 0 Å². The number of nitrogens with one attached hydrogen (secondary N) is 1. The quantitative estimate of drug-likeness (QED) is 0.404. The second kappa shape index (κ2) is 8.23. The Morgan fingerprint density at radius 3 is 2.36 bits per heavy atom. The summed E-state index contributed by atoms with van der Waals surface area (Å²) in [5, 5.41) is 14.4. The van der Waals surface area contributed by atoms with Crippen LogP contribution < -0.4 is 10.2 Å². The molecule has 9 heteroatoms. The van der Waals surface area contributed by atoms with Gasteiger partial charge in [-0.25, -0.2) is 8.78 Å². The first-order valence-corrected chi connectivity index (χ1v) is 12.7. The van der Waals surface area contributed by atoms with Gasteiger partial charge in [0.15, 0.2) is 0 Å². The second-order valence-electron chi connectivity index (χ2n) is 10.9. The third kappa shape index (κ3) is 4.13. The molecule has 3 fully saturated rings. The van der Waals surface area contributed by atoms with Crippen molar-refractivity contribution >= 4 is 23.0 Å². The second-order valence-corrected chi connectivity index (χ2v) is 10.9. The molecule has 0 aromatic heterocycles. The molecule has 0 unspecified atom stereocenters. The number of piperidine rings is 1. The third-order valence-corrected chi connectivity index (χ3v) is 8.71. The van der Waals surface area contributed by atoms with E-state index in [0.29, 0.717) is 29.0 Å². The summed E-state index contributed by atoms with van der Waals surface area (Å²) in [6.45, 7) is 1.91. The summed E-state index contributed by atoms with van der Waals surface area (Å²) in [7, 11) is 0. The van der Waals surface area contributed by atoms with Crippen LogP contribution in [0, 0.1) is 15.5 Å². The number of rotatable bonds is 4. The molecule has 190 valence electrons. The van der Waals surface area contributed by atoms with Crippen LogP contribution in [0.3, 0.4) is 0 Å². The number of hydrogen-bond donors (Lipinski definition) is 1. The minimum absolute atomic E-state index is 0.0426. The number of hydrogen-bond acceptors (Lipinski definition) is 5. The molecule has 2 aliphatic carbocycles. The predicted molar refractivity (Wildman–Crippen MR) is 130 cm³/mol. The van der Waals surface area contributed by atoms with Gasteiger partial charge in [-0.1, -0.05) is 6.07 Å². The summed E-state index contributed by atoms with van der Waals surface area (Å²) in [6, 6.07) is 9.88. The molecule has 2 saturated carbocycles. The minimum Gasteiger partial charge on any atom is -0.371 e. The Labute approximate surface area is 208 Å². The Morgan fingerprint density at radius 1 is 0.972 bits per heavy atom. The van der Waals surface area contributed by atoms with E-state index in [1.807, 2.05) is 12.1 Å². The molecule has 0 radical (unpaired) electrons. The first-order valence-electron chi connectivity index (χ1n) is 12.7. The lowest BCUT2D eigenvalue weighted by atomic mass is 9.77. The van der Waals surface area contributed by atoms with Gasteiger partial charge in [0.05, 0.1) is 28.4 Å². The van der Waals surface area contributed by atoms with Crippen LogP contribution in [0.15, 0.2) is 36.4 Å². The van der Waals surface area contributed by atoms with E-state index >= 15 is 0 Å². The molecular formula is C27H29F2N3O4. The molecule has 36 heavy (non-hydrogen) atoms. The van der Waals surface area contributed by atoms with Crippen molar-refractivity contribution in [2.24, 2.45) is 5.41 Å². The van der Waals surface area contributed by atoms with Gasteiger partial charge in [0.25, 0.3) is 11.6 Å². The maximum Gasteiger partial charge on any atom is 0.271 e. The molecule has 2 aromatic rings. The van der Waals surface area contributed by atoms with Gasteiger partial charge in [0.2, 0.25) is 5.92 Å². The van der Waals surface area contributed by atoms with E-state index in [1.54, 1.807) is 6.07 Å². The molecule has 0 atom stereocenters. The van der Waals surface area contributed by atoms with Gasteiger partial charge in [0, 0.05) is 43.8 Å². The highest BCUT2D eigenvalue weighted by molar-refractivity contribution is 6.08. The largest absolute Gasteiger partial charge is 0.371 e. The van der Waals surface area contributed by atoms with E-state index in [1.165, 1.54) is 31.0 Å². The van der Waals surface area contributed by atoms with E-state index in [0.717, 1.165) is 37.1 Å². The SMILES string of the molecule is O=C(Nc1ccc2c(c1)C1(CCC(F)(F)CC1)OC2)c1ccc([N+](=O)[O-])cc1N1CCC2(CC1)CC2. The first-order chi connectivity index (χ1) is 17.2. The lowest BCUT2D eigenvalue weighted by Crippen LogP contribution is -2.36. The number of halogens is 2. The summed E-state index contributed by atoms with van der Waals surface area (Å²) in [5.41, 5.74) is 3.00. The Morgan fingerprint density at radius 2 is 1.69 bits per heavy atom. The number of nitrogens with zero attached hydrogens (tertiary/aromatic N) is 2. The Bertz CT molecular complexity index is 1220. The molecule has 4 aliphatic rings. The van der Waals surface area contributed by atoms with Crippen LogP contribution in [0.1, 0.15) is 72.9 Å². The Kier molecular flexibility index (Phi) is 5.33. The van der Waals surface area contributed by atoms with Gasteiger partial charge in [0.1, 0.15) is 0 Å². The van der Waals surface area contributed by atoms with Gasteiger partial charge in [-0.05, 0) is 73.3 Å². The van der Waals surface area contributed by atoms with Crippen molar-refractivity contribution in [1.82, 2.24) is 0 Å². The van der Waals surface area contributed by atoms with E-state index in [4.69, 9.17) is 4.74 Å². The zero-order valence-corrected chi connectivity index (χ0v) is 20.0. The normalized spacial score (nSPS) is 22.9. The van der Waals surface area contributed by atoms with Crippen LogP contribution in [0.25, 0.3) is 0 Å². The molecule has 0 bridgehead atoms. The average molecular weight is 498 g/mol. The highest BCUT2D eigenvalue weighted by Crippen LogP contribution is 2.54. The number of nitro groups is 1. The summed E-state index contributed by atoms with van der Waals surface area (Å²) in [4.78, 5) is 26.5. The molecule has 1 amide bonds. The zero-order chi connectivity index (χ0) is 25.1. The highest BCUT2D eigenvalue weighted by Gasteiger charge is 2.48. The van der Waals surface area contributed by atoms with Gasteiger partial charge >= 0.3 is 0 Å². The molecule has 1 saturated heterocycles. The van der Waals surface area contributed by atoms with Crippen LogP contribution in [-0.4, -0.2) is 29.8 Å². The zero-order valence-electron chi connectivity index (χ0n) is 20.0. The summed E-state index contributed by atoms with van der Waals surface area (Å²) in [5.74, 6) is -3.02. The fourth-order valence-electron chi connectivity index (χ4n) is 6.12. The van der Waals surface area contributed by atoms with Crippen molar-refractivity contribution in [2.75, 3.05) is 23.3 Å². The van der Waals surface area contributed by atoms with Gasteiger partial charge in [-0.15, -0.1) is 0 Å². The van der Waals surface area contributed by atoms with Crippen molar-refractivity contribution in [2.45, 2.75) is 69.5 Å². The molecule has 2 spiro atoms. The van der Waals surface area contributed by atoms with E-state index in [2.05, 4.69) is 10.2 Å². The van der Waals surface area contributed by atoms with Crippen molar-refractivity contribution in [3.05, 3.63) is 63.2 Å². The Balaban J connectivity index is 1.26. The number of ether oxygens (including phenoxy) is 1. The van der Waals surface area contributed by atoms with Gasteiger partial charge in [-0.3, -0.25) is 14.9 Å². The van der Waals surface area contributed by atoms with Gasteiger partial charge < -0.3 is 15.0 Å². The van der Waals surface area contributed by atoms with Crippen LogP contribution >= 0.6 is 0 Å². The molecule has 2 aliphatic heterocycles. The highest BCUT2D eigenvalue weighted by atomic mass is 19.3. The maximum atomic E-state index is 13.8. The van der Waals surface area contributed by atoms with E-state index in [9.17, 15) is 23.7 Å². The number of non-ortho nitro benzene ring substituents is 1. The van der Waals surface area contributed by atoms with Crippen molar-refractivity contribution in [3.63, 3.8) is 0 Å². The fraction of sp³-hybridized carbons (Fsp3) is 0.519. The lowest BCUT2D eigenvalue weighted by molar-refractivity contribution is -0.384. The predicted octanol–water partition coefficient (Wildman–Crippen LogP) is 6.16. The van der Waals surface area contributed by atoms with Crippen LogP contribution in [0.5, 0.6) is 0 Å². The maximum absolute atomic E-state index is 13.8. The number of alkyl halides is 2. The number of carbonyl (C=O) groups excluding carboxylic acids is 1. The van der Waals surface area contributed by atoms with Crippen LogP contribution in [0.2, 0.25) is 0 Å². The molecule has 1 N–H and O–H groups in total. The monoisotopic (exact) mass is 497 g/mol. The average Bonchev–Trinajstić information content (AvgIpc) is 3.53. The van der Waals surface area contributed by atoms with Crippen LogP contribution in [-0.2, 0) is 16.9 Å². The van der Waals surface area contributed by atoms with Crippen molar-refractivity contribution < 1.29 is 23.2 Å². The topological polar surface area (TPSA) is 84.7 Å². The number of nitro benzene ring substituents is 1. The summed E-state index contributed by atoms with van der Waals surface area (Å²) >= 11 is 0. The lowest BCUT2D eigenvalue weighted by Gasteiger charge is -2.37. The Hall–Kier alpha value is -3.07. The molecule has 2 heterocycles. The molecule has 7 nitrogen and oxygen atoms in total. The van der Waals surface area contributed by atoms with Crippen LogP contribution in [0.4, 0.5) is 25.8 Å². The van der Waals surface area contributed by atoms with E-state index < -0.39 is 16.4 Å². The number of amides is 1. The minimum atomic E-state index is -2.66. The summed E-state index contributed by atoms with van der Waals surface area (Å²) < 4.78 is 33.7. The number of benzene rings is 2. The number of carbonyl (C=O) groups is 1.